The topological polar surface area (TPSA) is 48.0 Å². The highest BCUT2D eigenvalue weighted by Crippen LogP contribution is 2.21. The number of aromatic nitrogens is 1. The molecule has 0 fully saturated rings. The molecule has 1 unspecified atom stereocenters. The first-order valence-corrected chi connectivity index (χ1v) is 7.88. The van der Waals surface area contributed by atoms with E-state index in [1.54, 1.807) is 11.3 Å². The molecule has 0 aliphatic rings. The van der Waals surface area contributed by atoms with Gasteiger partial charge in [-0.05, 0) is 42.8 Å². The van der Waals surface area contributed by atoms with Crippen LogP contribution in [0.15, 0.2) is 34.4 Å². The molecular formula is C16H22N2OS. The summed E-state index contributed by atoms with van der Waals surface area (Å²) in [7, 11) is 0. The van der Waals surface area contributed by atoms with Crippen molar-refractivity contribution >= 4 is 11.3 Å². The van der Waals surface area contributed by atoms with Crippen LogP contribution in [0.25, 0.3) is 0 Å². The lowest BCUT2D eigenvalue weighted by Gasteiger charge is -2.16. The number of pyridine rings is 1. The highest BCUT2D eigenvalue weighted by atomic mass is 32.1. The molecule has 2 rings (SSSR count). The predicted octanol–water partition coefficient (Wildman–Crippen LogP) is 3.31. The van der Waals surface area contributed by atoms with Gasteiger partial charge in [-0.1, -0.05) is 19.9 Å². The molecule has 0 saturated carbocycles. The van der Waals surface area contributed by atoms with Gasteiger partial charge in [0.15, 0.2) is 0 Å². The predicted molar refractivity (Wildman–Crippen MR) is 85.2 cm³/mol. The Morgan fingerprint density at radius 2 is 2.05 bits per heavy atom. The largest absolute Gasteiger partial charge is 0.319 e. The molecule has 0 aliphatic carbocycles. The molecule has 0 aliphatic heterocycles. The van der Waals surface area contributed by atoms with Crippen molar-refractivity contribution in [2.24, 2.45) is 11.7 Å². The Bertz CT molecular complexity index is 614. The van der Waals surface area contributed by atoms with Gasteiger partial charge in [0.25, 0.3) is 5.56 Å². The molecule has 2 aromatic heterocycles. The summed E-state index contributed by atoms with van der Waals surface area (Å²) in [4.78, 5) is 13.7. The summed E-state index contributed by atoms with van der Waals surface area (Å²) in [6.45, 7) is 7.07. The first-order valence-electron chi connectivity index (χ1n) is 7.00. The highest BCUT2D eigenvalue weighted by Gasteiger charge is 2.16. The van der Waals surface area contributed by atoms with Gasteiger partial charge in [0, 0.05) is 22.7 Å². The number of hydrogen-bond donors (Lipinski definition) is 1. The Hall–Kier alpha value is -1.39. The van der Waals surface area contributed by atoms with Crippen LogP contribution in [0.5, 0.6) is 0 Å². The quantitative estimate of drug-likeness (QED) is 0.918. The van der Waals surface area contributed by atoms with Crippen molar-refractivity contribution in [3.8, 4) is 0 Å². The van der Waals surface area contributed by atoms with Gasteiger partial charge >= 0.3 is 0 Å². The van der Waals surface area contributed by atoms with Crippen LogP contribution in [0.1, 0.15) is 42.4 Å². The first-order chi connectivity index (χ1) is 9.50. The Labute approximate surface area is 124 Å². The van der Waals surface area contributed by atoms with E-state index in [2.05, 4.69) is 13.8 Å². The van der Waals surface area contributed by atoms with E-state index in [-0.39, 0.29) is 11.6 Å². The number of rotatable bonds is 5. The third kappa shape index (κ3) is 3.19. The van der Waals surface area contributed by atoms with E-state index in [9.17, 15) is 4.79 Å². The molecule has 4 heteroatoms. The maximum Gasteiger partial charge on any atom is 0.255 e. The number of nitrogens with two attached hydrogens (primary N) is 1. The monoisotopic (exact) mass is 290 g/mol. The summed E-state index contributed by atoms with van der Waals surface area (Å²) in [5.74, 6) is 0.580. The molecular weight excluding hydrogens is 268 g/mol. The average Bonchev–Trinajstić information content (AvgIpc) is 2.91. The van der Waals surface area contributed by atoms with Crippen LogP contribution in [0, 0.1) is 12.8 Å². The van der Waals surface area contributed by atoms with Crippen LogP contribution < -0.4 is 11.3 Å². The molecule has 0 aromatic carbocycles. The SMILES string of the molecule is Cc1ccc(C(N)c2cccs2)c(=O)n1CCC(C)C. The van der Waals surface area contributed by atoms with Crippen molar-refractivity contribution in [1.82, 2.24) is 4.57 Å². The summed E-state index contributed by atoms with van der Waals surface area (Å²) >= 11 is 1.59. The van der Waals surface area contributed by atoms with Crippen molar-refractivity contribution in [2.75, 3.05) is 0 Å². The third-order valence-electron chi connectivity index (χ3n) is 3.54. The van der Waals surface area contributed by atoms with Crippen LogP contribution in [-0.4, -0.2) is 4.57 Å². The molecule has 1 atom stereocenters. The van der Waals surface area contributed by atoms with Gasteiger partial charge in [-0.2, -0.15) is 0 Å². The zero-order chi connectivity index (χ0) is 14.7. The molecule has 2 aromatic rings. The van der Waals surface area contributed by atoms with Crippen LogP contribution in [-0.2, 0) is 6.54 Å². The fourth-order valence-corrected chi connectivity index (χ4v) is 2.96. The summed E-state index contributed by atoms with van der Waals surface area (Å²) in [5.41, 5.74) is 7.96. The molecule has 0 radical (unpaired) electrons. The number of aryl methyl sites for hydroxylation is 1. The van der Waals surface area contributed by atoms with Gasteiger partial charge < -0.3 is 10.3 Å². The van der Waals surface area contributed by atoms with Crippen molar-refractivity contribution in [3.63, 3.8) is 0 Å². The molecule has 0 bridgehead atoms. The first kappa shape index (κ1) is 15.0. The van der Waals surface area contributed by atoms with E-state index in [1.165, 1.54) is 0 Å². The van der Waals surface area contributed by atoms with Crippen LogP contribution >= 0.6 is 11.3 Å². The fraction of sp³-hybridized carbons (Fsp3) is 0.438. The van der Waals surface area contributed by atoms with Crippen molar-refractivity contribution in [1.29, 1.82) is 0 Å². The molecule has 2 N–H and O–H groups in total. The van der Waals surface area contributed by atoms with Crippen molar-refractivity contribution < 1.29 is 0 Å². The molecule has 3 nitrogen and oxygen atoms in total. The van der Waals surface area contributed by atoms with Gasteiger partial charge in [0.1, 0.15) is 0 Å². The molecule has 20 heavy (non-hydrogen) atoms. The molecule has 0 spiro atoms. The summed E-state index contributed by atoms with van der Waals surface area (Å²) in [6.07, 6.45) is 0.998. The number of hydrogen-bond acceptors (Lipinski definition) is 3. The molecule has 2 heterocycles. The standard InChI is InChI=1S/C16H22N2OS/c1-11(2)8-9-18-12(3)6-7-13(16(18)19)15(17)14-5-4-10-20-14/h4-7,10-11,15H,8-9,17H2,1-3H3. The number of thiophene rings is 1. The van der Waals surface area contributed by atoms with Gasteiger partial charge in [-0.25, -0.2) is 0 Å². The maximum atomic E-state index is 12.6. The number of nitrogens with zero attached hydrogens (tertiary/aromatic N) is 1. The Balaban J connectivity index is 2.36. The van der Waals surface area contributed by atoms with Crippen molar-refractivity contribution in [3.05, 3.63) is 56.1 Å². The lowest BCUT2D eigenvalue weighted by atomic mass is 10.1. The Kier molecular flexibility index (Phi) is 4.78. The average molecular weight is 290 g/mol. The second-order valence-electron chi connectivity index (χ2n) is 5.56. The lowest BCUT2D eigenvalue weighted by molar-refractivity contribution is 0.499. The normalized spacial score (nSPS) is 12.8. The zero-order valence-electron chi connectivity index (χ0n) is 12.3. The van der Waals surface area contributed by atoms with E-state index in [0.29, 0.717) is 11.5 Å². The second-order valence-corrected chi connectivity index (χ2v) is 6.54. The second kappa shape index (κ2) is 6.37. The Morgan fingerprint density at radius 3 is 2.65 bits per heavy atom. The van der Waals surface area contributed by atoms with E-state index in [1.807, 2.05) is 41.1 Å². The Morgan fingerprint density at radius 1 is 1.30 bits per heavy atom. The lowest BCUT2D eigenvalue weighted by Crippen LogP contribution is -2.30. The minimum atomic E-state index is -0.326. The van der Waals surface area contributed by atoms with Crippen LogP contribution in [0.2, 0.25) is 0 Å². The minimum Gasteiger partial charge on any atom is -0.319 e. The van der Waals surface area contributed by atoms with Crippen LogP contribution in [0.3, 0.4) is 0 Å². The van der Waals surface area contributed by atoms with Gasteiger partial charge in [0.05, 0.1) is 6.04 Å². The summed E-state index contributed by atoms with van der Waals surface area (Å²) in [5, 5.41) is 1.99. The molecule has 0 saturated heterocycles. The smallest absolute Gasteiger partial charge is 0.255 e. The summed E-state index contributed by atoms with van der Waals surface area (Å²) in [6, 6.07) is 7.48. The molecule has 108 valence electrons. The van der Waals surface area contributed by atoms with E-state index in [0.717, 1.165) is 23.5 Å². The maximum absolute atomic E-state index is 12.6. The van der Waals surface area contributed by atoms with Crippen LogP contribution in [0.4, 0.5) is 0 Å². The van der Waals surface area contributed by atoms with Crippen molar-refractivity contribution in [2.45, 2.75) is 39.8 Å². The van der Waals surface area contributed by atoms with Gasteiger partial charge in [-0.3, -0.25) is 4.79 Å². The van der Waals surface area contributed by atoms with Gasteiger partial charge in [-0.15, -0.1) is 11.3 Å². The summed E-state index contributed by atoms with van der Waals surface area (Å²) < 4.78 is 1.85. The zero-order valence-corrected chi connectivity index (χ0v) is 13.1. The highest BCUT2D eigenvalue weighted by molar-refractivity contribution is 7.10. The third-order valence-corrected chi connectivity index (χ3v) is 4.49. The van der Waals surface area contributed by atoms with E-state index >= 15 is 0 Å². The minimum absolute atomic E-state index is 0.0477. The fourth-order valence-electron chi connectivity index (χ4n) is 2.21. The van der Waals surface area contributed by atoms with Gasteiger partial charge in [0.2, 0.25) is 0 Å². The van der Waals surface area contributed by atoms with E-state index < -0.39 is 0 Å². The van der Waals surface area contributed by atoms with E-state index in [4.69, 9.17) is 5.73 Å². The molecule has 0 amide bonds.